The number of rotatable bonds is 8. The highest BCUT2D eigenvalue weighted by Crippen LogP contribution is 2.47. The van der Waals surface area contributed by atoms with Gasteiger partial charge in [-0.05, 0) is 204 Å². The third kappa shape index (κ3) is 12.0. The first-order valence-corrected chi connectivity index (χ1v) is 41.8. The molecule has 124 heavy (non-hydrogen) atoms. The van der Waals surface area contributed by atoms with Gasteiger partial charge in [0.25, 0.3) is 0 Å². The van der Waals surface area contributed by atoms with Crippen molar-refractivity contribution in [3.8, 4) is 89.4 Å². The van der Waals surface area contributed by atoms with Crippen molar-refractivity contribution in [2.75, 3.05) is 0 Å². The molecule has 574 valence electrons. The minimum Gasteiger partial charge on any atom is -0.264 e. The van der Waals surface area contributed by atoms with Crippen LogP contribution in [0.1, 0.15) is 0 Å². The Bertz CT molecular complexity index is 8670. The van der Waals surface area contributed by atoms with E-state index < -0.39 is 0 Å². The highest BCUT2D eigenvalue weighted by molar-refractivity contribution is 6.34. The molecular formula is C115H69N9. The zero-order valence-corrected chi connectivity index (χ0v) is 66.9. The fourth-order valence-electron chi connectivity index (χ4n) is 19.2. The molecule has 0 N–H and O–H groups in total. The first-order valence-electron chi connectivity index (χ1n) is 41.8. The van der Waals surface area contributed by atoms with Crippen LogP contribution in [0.5, 0.6) is 0 Å². The quantitative estimate of drug-likeness (QED) is 0.137. The maximum Gasteiger partial charge on any atom is 0.0824 e. The molecule has 0 aliphatic heterocycles. The molecule has 0 aliphatic rings. The Balaban J connectivity index is 0.000000106. The standard InChI is InChI=1S/C42H26N4.C42H24N2.C31H19N3/c1-3-12-36-34(10-1)35-11-2-4-13-37(35)42-39(36)41-38(14-7-21-45-41)40(46-42)28-17-15-27(16-18-28)31-22-32(29-8-5-19-43-25-29)24-33(23-31)30-9-6-20-44-26-30;1-3-13-34-32(11-1)33-12-2-4-14-35(33)42-40(34)37-24-43-20-19-36(37)41(44-42)30-10-6-9-27(21-30)31-22-28-17-15-25-7-5-8-26-16-18-29(23-31)39(28)38(25)26;1-3-9-25-23(7-1)24-8-2-4-10-26(24)31-29(25)28-19-33-17-15-27(28)30(34-31)21-13-11-20(12-14-21)22-6-5-16-32-18-22/h1-26H;1-24H;1-19H. The van der Waals surface area contributed by atoms with Crippen LogP contribution in [-0.2, 0) is 0 Å². The molecule has 9 heteroatoms. The summed E-state index contributed by atoms with van der Waals surface area (Å²) < 4.78 is 0. The van der Waals surface area contributed by atoms with E-state index in [9.17, 15) is 0 Å². The van der Waals surface area contributed by atoms with E-state index >= 15 is 0 Å². The SMILES string of the molecule is c1cc(-c2cc3ccc4cccc5ccc(c2)c3c45)cc(-c2nc3c4ccccc4c4ccccc4c3c3cnccc23)c1.c1cncc(-c2cc(-c3ccc(-c4nc5c6ccccc6c6ccccc6c5c5ncccc45)cc3)cc(-c3cccnc3)c2)c1.c1cncc(-c2ccc(-c3nc4c5ccccc5c5ccccc5c4c4cnccc34)cc2)c1. The van der Waals surface area contributed by atoms with Gasteiger partial charge in [-0.1, -0.05) is 273 Å². The summed E-state index contributed by atoms with van der Waals surface area (Å²) in [6.07, 6.45) is 20.7. The van der Waals surface area contributed by atoms with Gasteiger partial charge in [-0.25, -0.2) is 15.0 Å². The molecule has 9 nitrogen and oxygen atoms in total. The van der Waals surface area contributed by atoms with Crippen molar-refractivity contribution in [1.82, 2.24) is 44.9 Å². The second kappa shape index (κ2) is 29.6. The molecule has 0 spiro atoms. The van der Waals surface area contributed by atoms with E-state index in [1.807, 2.05) is 73.8 Å². The summed E-state index contributed by atoms with van der Waals surface area (Å²) in [6.45, 7) is 0. The monoisotopic (exact) mass is 1580 g/mol. The number of benzene rings is 17. The number of nitrogens with zero attached hydrogens (tertiary/aromatic N) is 9. The van der Waals surface area contributed by atoms with Crippen molar-refractivity contribution >= 4 is 162 Å². The third-order valence-electron chi connectivity index (χ3n) is 24.9. The smallest absolute Gasteiger partial charge is 0.0824 e. The van der Waals surface area contributed by atoms with Crippen LogP contribution >= 0.6 is 0 Å². The van der Waals surface area contributed by atoms with Gasteiger partial charge in [-0.15, -0.1) is 0 Å². The molecule has 26 rings (SSSR count). The van der Waals surface area contributed by atoms with Crippen LogP contribution in [0, 0.1) is 0 Å². The van der Waals surface area contributed by atoms with E-state index in [2.05, 4.69) is 353 Å². The van der Waals surface area contributed by atoms with E-state index in [0.29, 0.717) is 0 Å². The van der Waals surface area contributed by atoms with Crippen molar-refractivity contribution in [3.05, 3.63) is 420 Å². The number of aromatic nitrogens is 9. The van der Waals surface area contributed by atoms with Crippen molar-refractivity contribution in [2.45, 2.75) is 0 Å². The number of pyridine rings is 9. The van der Waals surface area contributed by atoms with Gasteiger partial charge in [0, 0.05) is 155 Å². The maximum absolute atomic E-state index is 5.47. The van der Waals surface area contributed by atoms with E-state index in [0.717, 1.165) is 160 Å². The molecule has 26 aromatic rings. The second-order valence-electron chi connectivity index (χ2n) is 31.8. The normalized spacial score (nSPS) is 11.7. The average molecular weight is 1580 g/mol. The molecular weight excluding hydrogens is 1510 g/mol. The van der Waals surface area contributed by atoms with Gasteiger partial charge < -0.3 is 0 Å². The predicted molar refractivity (Wildman–Crippen MR) is 517 cm³/mol. The summed E-state index contributed by atoms with van der Waals surface area (Å²) in [4.78, 5) is 43.2. The summed E-state index contributed by atoms with van der Waals surface area (Å²) in [7, 11) is 0. The molecule has 0 atom stereocenters. The van der Waals surface area contributed by atoms with E-state index in [4.69, 9.17) is 19.9 Å². The summed E-state index contributed by atoms with van der Waals surface area (Å²) in [5.41, 5.74) is 21.4. The lowest BCUT2D eigenvalue weighted by Gasteiger charge is -2.16. The number of hydrogen-bond donors (Lipinski definition) is 0. The van der Waals surface area contributed by atoms with Gasteiger partial charge in [0.2, 0.25) is 0 Å². The number of fused-ring (bicyclic) bond motifs is 24. The Morgan fingerprint density at radius 1 is 0.137 bits per heavy atom. The average Bonchev–Trinajstić information content (AvgIpc) is 0.724. The van der Waals surface area contributed by atoms with Gasteiger partial charge in [0.15, 0.2) is 0 Å². The molecule has 0 saturated heterocycles. The molecule has 0 amide bonds. The highest BCUT2D eigenvalue weighted by Gasteiger charge is 2.23. The molecule has 0 bridgehead atoms. The Morgan fingerprint density at radius 2 is 0.452 bits per heavy atom. The summed E-state index contributed by atoms with van der Waals surface area (Å²) in [5, 5.41) is 31.1. The van der Waals surface area contributed by atoms with Gasteiger partial charge in [-0.3, -0.25) is 29.9 Å². The number of hydrogen-bond acceptors (Lipinski definition) is 9. The van der Waals surface area contributed by atoms with Crippen LogP contribution in [0.25, 0.3) is 252 Å². The van der Waals surface area contributed by atoms with Gasteiger partial charge in [0.05, 0.1) is 39.1 Å². The lowest BCUT2D eigenvalue weighted by atomic mass is 9.90. The lowest BCUT2D eigenvalue weighted by Crippen LogP contribution is -1.94. The van der Waals surface area contributed by atoms with Gasteiger partial charge >= 0.3 is 0 Å². The van der Waals surface area contributed by atoms with Crippen molar-refractivity contribution in [2.24, 2.45) is 0 Å². The zero-order valence-electron chi connectivity index (χ0n) is 66.9. The van der Waals surface area contributed by atoms with Crippen LogP contribution in [0.3, 0.4) is 0 Å². The Hall–Kier alpha value is -16.8. The molecule has 17 aromatic carbocycles. The Morgan fingerprint density at radius 3 is 0.919 bits per heavy atom. The first-order chi connectivity index (χ1) is 61.5. The maximum atomic E-state index is 5.47. The minimum atomic E-state index is 0.933. The van der Waals surface area contributed by atoms with E-state index in [-0.39, 0.29) is 0 Å². The van der Waals surface area contributed by atoms with E-state index in [1.54, 1.807) is 18.6 Å². The fraction of sp³-hybridized carbons (Fsp3) is 0. The molecule has 0 aliphatic carbocycles. The predicted octanol–water partition coefficient (Wildman–Crippen LogP) is 29.7. The molecule has 9 aromatic heterocycles. The minimum absolute atomic E-state index is 0.933. The summed E-state index contributed by atoms with van der Waals surface area (Å²) in [6, 6.07) is 125. The van der Waals surface area contributed by atoms with Crippen molar-refractivity contribution in [1.29, 1.82) is 0 Å². The van der Waals surface area contributed by atoms with Gasteiger partial charge in [0.1, 0.15) is 0 Å². The van der Waals surface area contributed by atoms with Crippen molar-refractivity contribution < 1.29 is 0 Å². The van der Waals surface area contributed by atoms with Crippen LogP contribution in [0.2, 0.25) is 0 Å². The zero-order chi connectivity index (χ0) is 81.7. The first kappa shape index (κ1) is 71.4. The topological polar surface area (TPSA) is 116 Å². The highest BCUT2D eigenvalue weighted by atomic mass is 14.8. The second-order valence-corrected chi connectivity index (χ2v) is 31.8. The van der Waals surface area contributed by atoms with E-state index in [1.165, 1.54) is 91.9 Å². The molecule has 0 fully saturated rings. The Labute approximate surface area is 711 Å². The summed E-state index contributed by atoms with van der Waals surface area (Å²) >= 11 is 0. The molecule has 0 unspecified atom stereocenters. The molecule has 9 heterocycles. The van der Waals surface area contributed by atoms with Crippen molar-refractivity contribution in [3.63, 3.8) is 0 Å². The van der Waals surface area contributed by atoms with Crippen LogP contribution in [-0.4, -0.2) is 44.9 Å². The van der Waals surface area contributed by atoms with Crippen LogP contribution in [0.4, 0.5) is 0 Å². The third-order valence-corrected chi connectivity index (χ3v) is 24.9. The lowest BCUT2D eigenvalue weighted by molar-refractivity contribution is 1.32. The van der Waals surface area contributed by atoms with Gasteiger partial charge in [-0.2, -0.15) is 0 Å². The molecule has 0 radical (unpaired) electrons. The largest absolute Gasteiger partial charge is 0.264 e. The van der Waals surface area contributed by atoms with Crippen LogP contribution in [0.15, 0.2) is 420 Å². The Kier molecular flexibility index (Phi) is 17.1. The summed E-state index contributed by atoms with van der Waals surface area (Å²) in [5.74, 6) is 0. The molecule has 0 saturated carbocycles. The van der Waals surface area contributed by atoms with Crippen LogP contribution < -0.4 is 0 Å². The fourth-order valence-corrected chi connectivity index (χ4v) is 19.2.